The first-order valence-corrected chi connectivity index (χ1v) is 8.12. The summed E-state index contributed by atoms with van der Waals surface area (Å²) in [5.74, 6) is 4.45. The van der Waals surface area contributed by atoms with Crippen LogP contribution in [0.2, 0.25) is 0 Å². The van der Waals surface area contributed by atoms with Crippen LogP contribution in [-0.4, -0.2) is 47.6 Å². The third-order valence-electron chi connectivity index (χ3n) is 3.86. The van der Waals surface area contributed by atoms with Gasteiger partial charge in [-0.05, 0) is 26.7 Å². The van der Waals surface area contributed by atoms with Crippen LogP contribution in [0.3, 0.4) is 0 Å². The molecule has 2 heterocycles. The summed E-state index contributed by atoms with van der Waals surface area (Å²) in [6.07, 6.45) is 0.140. The highest BCUT2D eigenvalue weighted by atomic mass is 16.5. The lowest BCUT2D eigenvalue weighted by atomic mass is 10.1. The average Bonchev–Trinajstić information content (AvgIpc) is 2.77. The van der Waals surface area contributed by atoms with Crippen LogP contribution in [0.25, 0.3) is 0 Å². The Morgan fingerprint density at radius 2 is 1.96 bits per heavy atom. The zero-order valence-corrected chi connectivity index (χ0v) is 14.9. The lowest BCUT2D eigenvalue weighted by Crippen LogP contribution is -2.33. The molecule has 0 atom stereocenters. The van der Waals surface area contributed by atoms with Gasteiger partial charge in [0, 0.05) is 37.8 Å². The second-order valence-corrected chi connectivity index (χ2v) is 5.90. The topological polar surface area (TPSA) is 77.8 Å². The van der Waals surface area contributed by atoms with E-state index < -0.39 is 5.97 Å². The minimum atomic E-state index is -0.562. The molecule has 1 aromatic heterocycles. The normalized spacial score (nSPS) is 13.4. The molecule has 1 aliphatic heterocycles. The number of pyridine rings is 1. The lowest BCUT2D eigenvalue weighted by Gasteiger charge is -2.18. The van der Waals surface area contributed by atoms with Gasteiger partial charge in [0.05, 0.1) is 13.2 Å². The molecule has 134 valence electrons. The van der Waals surface area contributed by atoms with Gasteiger partial charge in [0.1, 0.15) is 11.3 Å². The van der Waals surface area contributed by atoms with Gasteiger partial charge in [0.2, 0.25) is 0 Å². The minimum Gasteiger partial charge on any atom is -0.490 e. The maximum atomic E-state index is 12.5. The number of rotatable bonds is 3. The van der Waals surface area contributed by atoms with Crippen molar-refractivity contribution in [1.82, 2.24) is 9.47 Å². The van der Waals surface area contributed by atoms with Crippen LogP contribution in [0.4, 0.5) is 0 Å². The van der Waals surface area contributed by atoms with E-state index in [2.05, 4.69) is 11.8 Å². The molecule has 0 saturated heterocycles. The van der Waals surface area contributed by atoms with Crippen molar-refractivity contribution >= 4 is 11.9 Å². The predicted molar refractivity (Wildman–Crippen MR) is 91.5 cm³/mol. The summed E-state index contributed by atoms with van der Waals surface area (Å²) in [4.78, 5) is 38.4. The van der Waals surface area contributed by atoms with Crippen LogP contribution in [0.5, 0.6) is 5.75 Å². The molecule has 0 aliphatic carbocycles. The third kappa shape index (κ3) is 4.02. The van der Waals surface area contributed by atoms with Gasteiger partial charge in [0.25, 0.3) is 11.5 Å². The van der Waals surface area contributed by atoms with Gasteiger partial charge >= 0.3 is 5.97 Å². The highest BCUT2D eigenvalue weighted by Crippen LogP contribution is 2.24. The van der Waals surface area contributed by atoms with Crippen LogP contribution in [0.15, 0.2) is 10.9 Å². The van der Waals surface area contributed by atoms with Gasteiger partial charge in [-0.15, -0.1) is 0 Å². The molecule has 0 aromatic carbocycles. The molecule has 1 amide bonds. The fraction of sp³-hybridized carbons (Fsp3) is 0.500. The number of hydrogen-bond donors (Lipinski definition) is 0. The quantitative estimate of drug-likeness (QED) is 0.598. The molecule has 0 N–H and O–H groups in total. The molecule has 7 nitrogen and oxygen atoms in total. The number of methoxy groups -OCH3 is 1. The van der Waals surface area contributed by atoms with Crippen molar-refractivity contribution < 1.29 is 19.1 Å². The van der Waals surface area contributed by atoms with Crippen LogP contribution in [0, 0.1) is 11.8 Å². The summed E-state index contributed by atoms with van der Waals surface area (Å²) in [7, 11) is 1.28. The lowest BCUT2D eigenvalue weighted by molar-refractivity contribution is -0.125. The van der Waals surface area contributed by atoms with Gasteiger partial charge in [-0.1, -0.05) is 5.92 Å². The number of fused-ring (bicyclic) bond motifs is 1. The van der Waals surface area contributed by atoms with E-state index in [1.165, 1.54) is 17.7 Å². The highest BCUT2D eigenvalue weighted by Gasteiger charge is 2.27. The molecule has 7 heteroatoms. The summed E-state index contributed by atoms with van der Waals surface area (Å²) >= 11 is 0. The zero-order chi connectivity index (χ0) is 18.6. The van der Waals surface area contributed by atoms with E-state index in [1.807, 2.05) is 13.8 Å². The molecular weight excluding hydrogens is 324 g/mol. The van der Waals surface area contributed by atoms with Crippen LogP contribution < -0.4 is 10.3 Å². The van der Waals surface area contributed by atoms with E-state index in [9.17, 15) is 14.4 Å². The van der Waals surface area contributed by atoms with E-state index in [1.54, 1.807) is 11.8 Å². The Labute approximate surface area is 146 Å². The first kappa shape index (κ1) is 18.6. The van der Waals surface area contributed by atoms with Gasteiger partial charge in [0.15, 0.2) is 0 Å². The fourth-order valence-corrected chi connectivity index (χ4v) is 2.81. The first-order chi connectivity index (χ1) is 11.9. The van der Waals surface area contributed by atoms with Crippen molar-refractivity contribution in [2.24, 2.45) is 0 Å². The second-order valence-electron chi connectivity index (χ2n) is 5.90. The SMILES string of the molecule is CC#CC(=O)N1CCc2c(C(=O)OC)c(OC(C)C)cc(=O)n2CC1. The van der Waals surface area contributed by atoms with Gasteiger partial charge in [-0.25, -0.2) is 4.79 Å². The first-order valence-electron chi connectivity index (χ1n) is 8.12. The number of carbonyl (C=O) groups is 2. The minimum absolute atomic E-state index is 0.200. The monoisotopic (exact) mass is 346 g/mol. The number of hydrogen-bond acceptors (Lipinski definition) is 5. The second kappa shape index (κ2) is 7.88. The summed E-state index contributed by atoms with van der Waals surface area (Å²) in [6, 6.07) is 1.30. The van der Waals surface area contributed by atoms with Crippen molar-refractivity contribution in [2.75, 3.05) is 20.2 Å². The van der Waals surface area contributed by atoms with E-state index in [0.29, 0.717) is 25.2 Å². The summed E-state index contributed by atoms with van der Waals surface area (Å²) < 4.78 is 12.0. The molecule has 1 aliphatic rings. The number of amides is 1. The van der Waals surface area contributed by atoms with Gasteiger partial charge < -0.3 is 18.9 Å². The van der Waals surface area contributed by atoms with Gasteiger partial charge in [-0.2, -0.15) is 0 Å². The Morgan fingerprint density at radius 3 is 2.56 bits per heavy atom. The Balaban J connectivity index is 2.51. The molecule has 0 spiro atoms. The smallest absolute Gasteiger partial charge is 0.343 e. The van der Waals surface area contributed by atoms with E-state index in [-0.39, 0.29) is 35.4 Å². The number of aromatic nitrogens is 1. The van der Waals surface area contributed by atoms with Crippen molar-refractivity contribution in [3.63, 3.8) is 0 Å². The van der Waals surface area contributed by atoms with E-state index in [4.69, 9.17) is 9.47 Å². The molecule has 0 unspecified atom stereocenters. The summed E-state index contributed by atoms with van der Waals surface area (Å²) in [5, 5.41) is 0. The number of carbonyl (C=O) groups excluding carboxylic acids is 2. The molecule has 0 saturated carbocycles. The number of esters is 1. The summed E-state index contributed by atoms with van der Waals surface area (Å²) in [5.41, 5.74) is 0.496. The van der Waals surface area contributed by atoms with Crippen LogP contribution >= 0.6 is 0 Å². The number of ether oxygens (including phenoxy) is 2. The predicted octanol–water partition coefficient (Wildman–Crippen LogP) is 0.830. The van der Waals surface area contributed by atoms with E-state index in [0.717, 1.165) is 0 Å². The summed E-state index contributed by atoms with van der Waals surface area (Å²) in [6.45, 7) is 6.23. The van der Waals surface area contributed by atoms with Crippen molar-refractivity contribution in [1.29, 1.82) is 0 Å². The largest absolute Gasteiger partial charge is 0.490 e. The Kier molecular flexibility index (Phi) is 5.86. The standard InChI is InChI=1S/C18H22N2O5/c1-5-6-15(21)19-8-7-13-17(18(23)24-4)14(25-12(2)3)11-16(22)20(13)10-9-19/h11-12H,7-10H2,1-4H3. The van der Waals surface area contributed by atoms with Crippen molar-refractivity contribution in [3.05, 3.63) is 27.7 Å². The zero-order valence-electron chi connectivity index (χ0n) is 14.9. The third-order valence-corrected chi connectivity index (χ3v) is 3.86. The van der Waals surface area contributed by atoms with Gasteiger partial charge in [-0.3, -0.25) is 9.59 Å². The Hall–Kier alpha value is -2.75. The molecule has 25 heavy (non-hydrogen) atoms. The van der Waals surface area contributed by atoms with Crippen molar-refractivity contribution in [3.8, 4) is 17.6 Å². The van der Waals surface area contributed by atoms with Crippen molar-refractivity contribution in [2.45, 2.75) is 39.8 Å². The molecule has 1 aromatic rings. The maximum Gasteiger partial charge on any atom is 0.343 e. The molecule has 2 rings (SSSR count). The molecule has 0 bridgehead atoms. The average molecular weight is 346 g/mol. The van der Waals surface area contributed by atoms with E-state index >= 15 is 0 Å². The molecule has 0 radical (unpaired) electrons. The highest BCUT2D eigenvalue weighted by molar-refractivity contribution is 5.94. The Bertz CT molecular complexity index is 798. The fourth-order valence-electron chi connectivity index (χ4n) is 2.81. The maximum absolute atomic E-state index is 12.5. The van der Waals surface area contributed by atoms with Crippen LogP contribution in [0.1, 0.15) is 36.8 Å². The molecular formula is C18H22N2O5. The molecule has 0 fully saturated rings. The Morgan fingerprint density at radius 1 is 1.24 bits per heavy atom. The number of nitrogens with zero attached hydrogens (tertiary/aromatic N) is 2. The van der Waals surface area contributed by atoms with Crippen LogP contribution in [-0.2, 0) is 22.5 Å².